The number of alkyl halides is 3. The highest BCUT2D eigenvalue weighted by molar-refractivity contribution is 5.95. The fraction of sp³-hybridized carbons (Fsp3) is 0.538. The summed E-state index contributed by atoms with van der Waals surface area (Å²) in [7, 11) is 0. The van der Waals surface area contributed by atoms with Crippen molar-refractivity contribution in [1.82, 2.24) is 4.98 Å². The van der Waals surface area contributed by atoms with Crippen molar-refractivity contribution in [2.45, 2.75) is 72.2 Å². The number of aryl methyl sites for hydroxylation is 1. The molecule has 2 aliphatic heterocycles. The molecule has 1 aromatic carbocycles. The predicted molar refractivity (Wildman–Crippen MR) is 132 cm³/mol. The van der Waals surface area contributed by atoms with Gasteiger partial charge in [-0.3, -0.25) is 5.01 Å². The predicted octanol–water partition coefficient (Wildman–Crippen LogP) is 6.62. The minimum atomic E-state index is -4.41. The van der Waals surface area contributed by atoms with Crippen LogP contribution in [0.3, 0.4) is 0 Å². The van der Waals surface area contributed by atoms with Gasteiger partial charge in [-0.25, -0.2) is 4.98 Å². The van der Waals surface area contributed by atoms with Crippen molar-refractivity contribution in [2.75, 3.05) is 23.0 Å². The number of hydrazone groups is 1. The van der Waals surface area contributed by atoms with Gasteiger partial charge in [0.05, 0.1) is 11.7 Å². The van der Waals surface area contributed by atoms with Crippen LogP contribution in [0.15, 0.2) is 47.7 Å². The molecule has 1 aromatic heterocycles. The molecule has 2 atom stereocenters. The van der Waals surface area contributed by atoms with Crippen LogP contribution >= 0.6 is 0 Å². The molecule has 0 N–H and O–H groups in total. The maximum absolute atomic E-state index is 13.3. The second kappa shape index (κ2) is 11.1. The molecule has 0 aliphatic carbocycles. The first-order valence-corrected chi connectivity index (χ1v) is 12.2. The molecule has 8 heteroatoms. The molecule has 3 heterocycles. The Labute approximate surface area is 200 Å². The molecular weight excluding hydrogens is 441 g/mol. The van der Waals surface area contributed by atoms with Gasteiger partial charge in [0, 0.05) is 38.0 Å². The number of piperidine rings is 1. The van der Waals surface area contributed by atoms with Gasteiger partial charge in [0.1, 0.15) is 23.4 Å². The Kier molecular flexibility index (Phi) is 8.44. The first-order valence-electron chi connectivity index (χ1n) is 12.2. The van der Waals surface area contributed by atoms with E-state index in [0.717, 1.165) is 37.5 Å². The first kappa shape index (κ1) is 25.8. The Balaban J connectivity index is 0.00000158. The first-order chi connectivity index (χ1) is 16.3. The Morgan fingerprint density at radius 2 is 1.71 bits per heavy atom. The Hall–Kier alpha value is -2.77. The van der Waals surface area contributed by atoms with Crippen molar-refractivity contribution >= 4 is 17.2 Å². The molecular formula is C26H35F3N4O. The van der Waals surface area contributed by atoms with Crippen molar-refractivity contribution in [3.8, 4) is 5.75 Å². The second-order valence-electron chi connectivity index (χ2n) is 8.58. The molecule has 2 aliphatic rings. The lowest BCUT2D eigenvalue weighted by Gasteiger charge is -2.33. The van der Waals surface area contributed by atoms with E-state index in [1.54, 1.807) is 19.1 Å². The summed E-state index contributed by atoms with van der Waals surface area (Å²) in [6, 6.07) is 11.0. The van der Waals surface area contributed by atoms with Gasteiger partial charge in [0.25, 0.3) is 0 Å². The van der Waals surface area contributed by atoms with Gasteiger partial charge in [0.2, 0.25) is 0 Å². The third-order valence-electron chi connectivity index (χ3n) is 6.32. The maximum atomic E-state index is 13.3. The molecule has 1 unspecified atom stereocenters. The van der Waals surface area contributed by atoms with Crippen LogP contribution in [-0.4, -0.2) is 42.1 Å². The number of hydrogen-bond donors (Lipinski definition) is 0. The normalized spacial score (nSPS) is 21.1. The minimum absolute atomic E-state index is 0.104. The molecule has 0 bridgehead atoms. The molecule has 1 saturated heterocycles. The zero-order chi connectivity index (χ0) is 24.9. The molecule has 0 saturated carbocycles. The van der Waals surface area contributed by atoms with Crippen LogP contribution in [0.4, 0.5) is 24.7 Å². The van der Waals surface area contributed by atoms with Crippen LogP contribution in [0, 0.1) is 12.8 Å². The van der Waals surface area contributed by atoms with E-state index in [-0.39, 0.29) is 12.1 Å². The highest BCUT2D eigenvalue weighted by atomic mass is 19.4. The van der Waals surface area contributed by atoms with E-state index in [4.69, 9.17) is 4.74 Å². The SMILES string of the molecule is CC.CC[C@H]1C(C)C(C(F)(F)F)=NN1c1ccc(OC2CCN(c3cc(C)ccn3)CC2)cc1. The van der Waals surface area contributed by atoms with Crippen LogP contribution in [0.5, 0.6) is 5.75 Å². The van der Waals surface area contributed by atoms with Crippen LogP contribution < -0.4 is 14.6 Å². The molecule has 2 aromatic rings. The van der Waals surface area contributed by atoms with Crippen molar-refractivity contribution in [3.63, 3.8) is 0 Å². The monoisotopic (exact) mass is 476 g/mol. The van der Waals surface area contributed by atoms with Crippen LogP contribution in [0.2, 0.25) is 0 Å². The summed E-state index contributed by atoms with van der Waals surface area (Å²) < 4.78 is 46.1. The summed E-state index contributed by atoms with van der Waals surface area (Å²) in [6.07, 6.45) is -0.117. The standard InChI is InChI=1S/C24H29F3N4O.C2H6/c1-4-21-17(3)23(24(25,26)27)29-31(21)18-5-7-19(8-6-18)32-20-10-13-30(14-11-20)22-15-16(2)9-12-28-22;1-2/h5-9,12,15,17,20-21H,4,10-11,13-14H2,1-3H3;1-2H3/t17?,21-;/m0./s1. The van der Waals surface area contributed by atoms with Crippen LogP contribution in [0.1, 0.15) is 52.5 Å². The fourth-order valence-corrected chi connectivity index (χ4v) is 4.53. The van der Waals surface area contributed by atoms with E-state index in [1.807, 2.05) is 45.2 Å². The lowest BCUT2D eigenvalue weighted by molar-refractivity contribution is -0.0620. The lowest BCUT2D eigenvalue weighted by atomic mass is 9.95. The molecule has 5 nitrogen and oxygen atoms in total. The summed E-state index contributed by atoms with van der Waals surface area (Å²) in [6.45, 7) is 11.3. The number of nitrogens with zero attached hydrogens (tertiary/aromatic N) is 4. The minimum Gasteiger partial charge on any atom is -0.490 e. The Morgan fingerprint density at radius 3 is 2.26 bits per heavy atom. The second-order valence-corrected chi connectivity index (χ2v) is 8.58. The molecule has 0 radical (unpaired) electrons. The number of pyridine rings is 1. The van der Waals surface area contributed by atoms with Gasteiger partial charge in [-0.1, -0.05) is 27.7 Å². The molecule has 1 fully saturated rings. The smallest absolute Gasteiger partial charge is 0.431 e. The number of ether oxygens (including phenoxy) is 1. The highest BCUT2D eigenvalue weighted by Crippen LogP contribution is 2.36. The highest BCUT2D eigenvalue weighted by Gasteiger charge is 2.47. The third-order valence-corrected chi connectivity index (χ3v) is 6.32. The van der Waals surface area contributed by atoms with E-state index in [2.05, 4.69) is 28.0 Å². The summed E-state index contributed by atoms with van der Waals surface area (Å²) >= 11 is 0. The van der Waals surface area contributed by atoms with E-state index >= 15 is 0 Å². The van der Waals surface area contributed by atoms with Crippen molar-refractivity contribution < 1.29 is 17.9 Å². The average molecular weight is 477 g/mol. The zero-order valence-electron chi connectivity index (χ0n) is 20.6. The fourth-order valence-electron chi connectivity index (χ4n) is 4.53. The van der Waals surface area contributed by atoms with Crippen molar-refractivity contribution in [3.05, 3.63) is 48.2 Å². The third kappa shape index (κ3) is 5.83. The number of rotatable bonds is 5. The molecule has 4 rings (SSSR count). The number of aromatic nitrogens is 1. The Bertz CT molecular complexity index is 953. The molecule has 186 valence electrons. The Morgan fingerprint density at radius 1 is 1.06 bits per heavy atom. The van der Waals surface area contributed by atoms with E-state index in [9.17, 15) is 13.2 Å². The summed E-state index contributed by atoms with van der Waals surface area (Å²) in [5.41, 5.74) is 1.13. The van der Waals surface area contributed by atoms with Gasteiger partial charge in [-0.05, 0) is 55.3 Å². The number of halogens is 3. The van der Waals surface area contributed by atoms with E-state index < -0.39 is 17.8 Å². The number of hydrogen-bond acceptors (Lipinski definition) is 5. The summed E-state index contributed by atoms with van der Waals surface area (Å²) in [4.78, 5) is 6.73. The quantitative estimate of drug-likeness (QED) is 0.486. The maximum Gasteiger partial charge on any atom is 0.431 e. The van der Waals surface area contributed by atoms with Gasteiger partial charge in [-0.15, -0.1) is 0 Å². The molecule has 0 spiro atoms. The van der Waals surface area contributed by atoms with Gasteiger partial charge in [-0.2, -0.15) is 18.3 Å². The largest absolute Gasteiger partial charge is 0.490 e. The van der Waals surface area contributed by atoms with E-state index in [0.29, 0.717) is 12.1 Å². The lowest BCUT2D eigenvalue weighted by Crippen LogP contribution is -2.38. The van der Waals surface area contributed by atoms with Gasteiger partial charge in [0.15, 0.2) is 0 Å². The molecule has 34 heavy (non-hydrogen) atoms. The topological polar surface area (TPSA) is 41.0 Å². The van der Waals surface area contributed by atoms with Gasteiger partial charge < -0.3 is 9.64 Å². The van der Waals surface area contributed by atoms with Crippen LogP contribution in [-0.2, 0) is 0 Å². The van der Waals surface area contributed by atoms with Gasteiger partial charge >= 0.3 is 6.18 Å². The zero-order valence-corrected chi connectivity index (χ0v) is 20.6. The average Bonchev–Trinajstić information content (AvgIpc) is 3.18. The summed E-state index contributed by atoms with van der Waals surface area (Å²) in [5.74, 6) is 1.06. The van der Waals surface area contributed by atoms with Crippen molar-refractivity contribution in [2.24, 2.45) is 11.0 Å². The van der Waals surface area contributed by atoms with E-state index in [1.165, 1.54) is 10.6 Å². The number of anilines is 2. The number of benzene rings is 1. The van der Waals surface area contributed by atoms with Crippen molar-refractivity contribution in [1.29, 1.82) is 0 Å². The molecule has 0 amide bonds. The van der Waals surface area contributed by atoms with Crippen LogP contribution in [0.25, 0.3) is 0 Å². The summed E-state index contributed by atoms with van der Waals surface area (Å²) in [5, 5.41) is 5.43.